The maximum absolute atomic E-state index is 13.2. The monoisotopic (exact) mass is 267 g/mol. The molecule has 19 heavy (non-hydrogen) atoms. The average molecular weight is 267 g/mol. The first-order valence-corrected chi connectivity index (χ1v) is 5.67. The van der Waals surface area contributed by atoms with E-state index in [4.69, 9.17) is 5.11 Å². The van der Waals surface area contributed by atoms with E-state index in [1.54, 1.807) is 0 Å². The van der Waals surface area contributed by atoms with E-state index < -0.39 is 17.6 Å². The van der Waals surface area contributed by atoms with Crippen molar-refractivity contribution in [2.75, 3.05) is 0 Å². The van der Waals surface area contributed by atoms with E-state index in [-0.39, 0.29) is 11.5 Å². The van der Waals surface area contributed by atoms with Gasteiger partial charge in [0.25, 0.3) is 5.82 Å². The summed E-state index contributed by atoms with van der Waals surface area (Å²) in [6.07, 6.45) is 1.21. The molecule has 0 radical (unpaired) electrons. The molecule has 0 aliphatic rings. The number of benzene rings is 1. The molecule has 7 heteroatoms. The van der Waals surface area contributed by atoms with E-state index >= 15 is 0 Å². The van der Waals surface area contributed by atoms with E-state index in [9.17, 15) is 13.6 Å². The number of hydrogen-bond donors (Lipinski definition) is 1. The van der Waals surface area contributed by atoms with Gasteiger partial charge in [0.1, 0.15) is 5.82 Å². The molecule has 1 aromatic heterocycles. The van der Waals surface area contributed by atoms with Crippen molar-refractivity contribution >= 4 is 5.97 Å². The molecule has 0 saturated carbocycles. The molecule has 0 aliphatic carbocycles. The zero-order valence-electron chi connectivity index (χ0n) is 10.1. The van der Waals surface area contributed by atoms with Crippen LogP contribution >= 0.6 is 0 Å². The minimum absolute atomic E-state index is 0.238. The lowest BCUT2D eigenvalue weighted by Gasteiger charge is -2.05. The number of aromatic carboxylic acids is 1. The Bertz CT molecular complexity index is 625. The summed E-state index contributed by atoms with van der Waals surface area (Å²) in [5.41, 5.74) is 0.238. The number of hydrogen-bond acceptors (Lipinski definition) is 3. The SMILES string of the molecule is CCCc1nc(C(=O)O)nn1-c1ccc(F)c(F)c1. The van der Waals surface area contributed by atoms with E-state index in [0.717, 1.165) is 18.6 Å². The molecule has 0 saturated heterocycles. The lowest BCUT2D eigenvalue weighted by Crippen LogP contribution is -2.04. The van der Waals surface area contributed by atoms with Gasteiger partial charge in [0.15, 0.2) is 11.6 Å². The van der Waals surface area contributed by atoms with Crippen molar-refractivity contribution in [3.05, 3.63) is 41.5 Å². The normalized spacial score (nSPS) is 10.7. The van der Waals surface area contributed by atoms with Crippen molar-refractivity contribution in [1.29, 1.82) is 0 Å². The number of carboxylic acid groups (broad SMARTS) is 1. The molecule has 2 aromatic rings. The highest BCUT2D eigenvalue weighted by molar-refractivity contribution is 5.83. The molecule has 0 amide bonds. The van der Waals surface area contributed by atoms with Crippen LogP contribution in [-0.4, -0.2) is 25.8 Å². The fourth-order valence-corrected chi connectivity index (χ4v) is 1.64. The van der Waals surface area contributed by atoms with Crippen LogP contribution in [0.15, 0.2) is 18.2 Å². The maximum Gasteiger partial charge on any atom is 0.375 e. The molecule has 0 aliphatic heterocycles. The molecule has 1 N–H and O–H groups in total. The third-order valence-electron chi connectivity index (χ3n) is 2.49. The summed E-state index contributed by atoms with van der Waals surface area (Å²) < 4.78 is 27.3. The summed E-state index contributed by atoms with van der Waals surface area (Å²) in [5.74, 6) is -3.23. The molecule has 0 fully saturated rings. The third kappa shape index (κ3) is 2.59. The summed E-state index contributed by atoms with van der Waals surface area (Å²) >= 11 is 0. The summed E-state index contributed by atoms with van der Waals surface area (Å²) in [6, 6.07) is 3.23. The van der Waals surface area contributed by atoms with Gasteiger partial charge in [0.2, 0.25) is 0 Å². The Morgan fingerprint density at radius 3 is 2.68 bits per heavy atom. The van der Waals surface area contributed by atoms with Crippen molar-refractivity contribution in [3.8, 4) is 5.69 Å². The smallest absolute Gasteiger partial charge is 0.375 e. The van der Waals surface area contributed by atoms with Crippen molar-refractivity contribution in [3.63, 3.8) is 0 Å². The van der Waals surface area contributed by atoms with E-state index in [0.29, 0.717) is 12.2 Å². The summed E-state index contributed by atoms with van der Waals surface area (Å²) in [7, 11) is 0. The first kappa shape index (κ1) is 13.1. The summed E-state index contributed by atoms with van der Waals surface area (Å²) in [5, 5.41) is 12.7. The predicted octanol–water partition coefficient (Wildman–Crippen LogP) is 2.20. The van der Waals surface area contributed by atoms with Crippen LogP contribution in [0.25, 0.3) is 5.69 Å². The molecule has 2 rings (SSSR count). The molecule has 5 nitrogen and oxygen atoms in total. The highest BCUT2D eigenvalue weighted by atomic mass is 19.2. The van der Waals surface area contributed by atoms with Gasteiger partial charge < -0.3 is 5.11 Å². The number of halogens is 2. The maximum atomic E-state index is 13.2. The van der Waals surface area contributed by atoms with Gasteiger partial charge in [-0.25, -0.2) is 23.2 Å². The van der Waals surface area contributed by atoms with Crippen molar-refractivity contribution in [1.82, 2.24) is 14.8 Å². The van der Waals surface area contributed by atoms with Crippen molar-refractivity contribution in [2.45, 2.75) is 19.8 Å². The van der Waals surface area contributed by atoms with E-state index in [1.165, 1.54) is 10.7 Å². The zero-order chi connectivity index (χ0) is 14.0. The molecule has 0 spiro atoms. The average Bonchev–Trinajstić information content (AvgIpc) is 2.77. The van der Waals surface area contributed by atoms with Crippen molar-refractivity contribution < 1.29 is 18.7 Å². The number of rotatable bonds is 4. The third-order valence-corrected chi connectivity index (χ3v) is 2.49. The minimum Gasteiger partial charge on any atom is -0.475 e. The van der Waals surface area contributed by atoms with Crippen LogP contribution in [0, 0.1) is 11.6 Å². The van der Waals surface area contributed by atoms with Gasteiger partial charge in [-0.15, -0.1) is 5.10 Å². The molecule has 1 heterocycles. The Hall–Kier alpha value is -2.31. The Balaban J connectivity index is 2.52. The standard InChI is InChI=1S/C12H11F2N3O2/c1-2-3-10-15-11(12(18)19)16-17(10)7-4-5-8(13)9(14)6-7/h4-6H,2-3H2,1H3,(H,18,19). The molecule has 1 aromatic carbocycles. The highest BCUT2D eigenvalue weighted by Gasteiger charge is 2.16. The minimum atomic E-state index is -1.27. The molecule has 100 valence electrons. The number of aromatic nitrogens is 3. The van der Waals surface area contributed by atoms with Crippen LogP contribution in [-0.2, 0) is 6.42 Å². The van der Waals surface area contributed by atoms with Crippen LogP contribution in [0.1, 0.15) is 29.8 Å². The quantitative estimate of drug-likeness (QED) is 0.922. The molecule has 0 bridgehead atoms. The molecular formula is C12H11F2N3O2. The largest absolute Gasteiger partial charge is 0.475 e. The van der Waals surface area contributed by atoms with Crippen molar-refractivity contribution in [2.24, 2.45) is 0 Å². The van der Waals surface area contributed by atoms with Crippen LogP contribution < -0.4 is 0 Å². The molecule has 0 unspecified atom stereocenters. The highest BCUT2D eigenvalue weighted by Crippen LogP contribution is 2.15. The van der Waals surface area contributed by atoms with Crippen LogP contribution in [0.3, 0.4) is 0 Å². The predicted molar refractivity (Wildman–Crippen MR) is 62.2 cm³/mol. The Kier molecular flexibility index (Phi) is 3.55. The molecular weight excluding hydrogens is 256 g/mol. The first-order chi connectivity index (χ1) is 9.02. The first-order valence-electron chi connectivity index (χ1n) is 5.67. The van der Waals surface area contributed by atoms with E-state index in [1.807, 2.05) is 6.92 Å². The second-order valence-corrected chi connectivity index (χ2v) is 3.92. The number of aryl methyl sites for hydroxylation is 1. The second-order valence-electron chi connectivity index (χ2n) is 3.92. The Morgan fingerprint density at radius 1 is 1.37 bits per heavy atom. The topological polar surface area (TPSA) is 68.0 Å². The fourth-order valence-electron chi connectivity index (χ4n) is 1.64. The van der Waals surface area contributed by atoms with Gasteiger partial charge in [-0.3, -0.25) is 0 Å². The zero-order valence-corrected chi connectivity index (χ0v) is 10.1. The van der Waals surface area contributed by atoms with E-state index in [2.05, 4.69) is 10.1 Å². The van der Waals surface area contributed by atoms with Gasteiger partial charge >= 0.3 is 5.97 Å². The van der Waals surface area contributed by atoms with Crippen LogP contribution in [0.2, 0.25) is 0 Å². The lowest BCUT2D eigenvalue weighted by atomic mass is 10.3. The Morgan fingerprint density at radius 2 is 2.11 bits per heavy atom. The second kappa shape index (κ2) is 5.13. The molecule has 0 atom stereocenters. The van der Waals surface area contributed by atoms with Gasteiger partial charge in [-0.1, -0.05) is 6.92 Å². The van der Waals surface area contributed by atoms with Gasteiger partial charge in [-0.2, -0.15) is 0 Å². The van der Waals surface area contributed by atoms with Crippen LogP contribution in [0.4, 0.5) is 8.78 Å². The fraction of sp³-hybridized carbons (Fsp3) is 0.250. The number of nitrogens with zero attached hydrogens (tertiary/aromatic N) is 3. The Labute approximate surface area is 107 Å². The van der Waals surface area contributed by atoms with Gasteiger partial charge in [0.05, 0.1) is 5.69 Å². The van der Waals surface area contributed by atoms with Gasteiger partial charge in [0, 0.05) is 12.5 Å². The lowest BCUT2D eigenvalue weighted by molar-refractivity contribution is 0.0683. The number of carboxylic acids is 1. The summed E-state index contributed by atoms with van der Waals surface area (Å²) in [6.45, 7) is 1.89. The summed E-state index contributed by atoms with van der Waals surface area (Å²) in [4.78, 5) is 14.7. The number of carbonyl (C=O) groups is 1. The van der Waals surface area contributed by atoms with Crippen LogP contribution in [0.5, 0.6) is 0 Å². The van der Waals surface area contributed by atoms with Gasteiger partial charge in [-0.05, 0) is 18.6 Å².